The molecule has 0 aliphatic rings. The summed E-state index contributed by atoms with van der Waals surface area (Å²) in [7, 11) is 8.27. The first-order chi connectivity index (χ1) is 38.4. The number of ether oxygens (including phenoxy) is 3. The normalized spacial score (nSPS) is 10.8. The lowest BCUT2D eigenvalue weighted by Gasteiger charge is -2.06. The third-order valence-corrected chi connectivity index (χ3v) is 12.4. The molecule has 400 valence electrons. The van der Waals surface area contributed by atoms with Crippen molar-refractivity contribution >= 4 is 78.9 Å². The van der Waals surface area contributed by atoms with Crippen molar-refractivity contribution in [3.05, 3.63) is 200 Å². The van der Waals surface area contributed by atoms with Crippen LogP contribution in [0.1, 0.15) is 16.7 Å². The van der Waals surface area contributed by atoms with Gasteiger partial charge < -0.3 is 52.0 Å². The molecule has 13 rings (SSSR count). The third-order valence-electron chi connectivity index (χ3n) is 11.8. The SMILES string of the molecule is COc1ccc(Cn2cnc3nc[nH]c(=O)c32)cc1.COc1ccc(Cn2cnc3ncn(C)c(=O)c32)cc1.COc1ccc(Cn2cnc3ncnc(Cl)c32)cc1.Clc1ncnc2nc[nH]c12.Cn1cnc2cc[nH]c2c1=O. The molecule has 0 amide bonds. The van der Waals surface area contributed by atoms with Gasteiger partial charge >= 0.3 is 0 Å². The zero-order valence-electron chi connectivity index (χ0n) is 42.8. The second-order valence-corrected chi connectivity index (χ2v) is 17.6. The number of hydrogen-bond acceptors (Lipinski definition) is 17. The lowest BCUT2D eigenvalue weighted by molar-refractivity contribution is 0.414. The molecular formula is C52H47Cl2N19O6. The number of imidazole rings is 4. The molecule has 27 heteroatoms. The van der Waals surface area contributed by atoms with E-state index in [4.69, 9.17) is 37.4 Å². The quantitative estimate of drug-likeness (QED) is 0.136. The summed E-state index contributed by atoms with van der Waals surface area (Å²) in [5.41, 5.74) is 8.78. The summed E-state index contributed by atoms with van der Waals surface area (Å²) in [6.07, 6.45) is 15.4. The fraction of sp³-hybridized carbons (Fsp3) is 0.154. The summed E-state index contributed by atoms with van der Waals surface area (Å²) in [5.74, 6) is 2.45. The minimum Gasteiger partial charge on any atom is -0.497 e. The molecule has 0 spiro atoms. The van der Waals surface area contributed by atoms with Gasteiger partial charge in [0.15, 0.2) is 43.9 Å². The Hall–Kier alpha value is -10.1. The first-order valence-electron chi connectivity index (χ1n) is 23.6. The molecule has 0 bridgehead atoms. The van der Waals surface area contributed by atoms with E-state index in [-0.39, 0.29) is 16.7 Å². The number of nitrogens with one attached hydrogen (secondary N) is 3. The monoisotopic (exact) mass is 1100 g/mol. The molecule has 0 unspecified atom stereocenters. The van der Waals surface area contributed by atoms with Gasteiger partial charge in [-0.1, -0.05) is 59.6 Å². The van der Waals surface area contributed by atoms with Gasteiger partial charge in [-0.15, -0.1) is 0 Å². The van der Waals surface area contributed by atoms with Crippen molar-refractivity contribution in [1.29, 1.82) is 0 Å². The smallest absolute Gasteiger partial charge is 0.279 e. The van der Waals surface area contributed by atoms with Gasteiger partial charge in [-0.3, -0.25) is 14.4 Å². The van der Waals surface area contributed by atoms with Gasteiger partial charge in [-0.25, -0.2) is 54.8 Å². The van der Waals surface area contributed by atoms with Gasteiger partial charge in [0.1, 0.15) is 46.5 Å². The predicted octanol–water partition coefficient (Wildman–Crippen LogP) is 6.17. The Labute approximate surface area is 456 Å². The van der Waals surface area contributed by atoms with Crippen molar-refractivity contribution in [2.45, 2.75) is 19.6 Å². The van der Waals surface area contributed by atoms with Crippen LogP contribution in [0.2, 0.25) is 10.3 Å². The molecule has 79 heavy (non-hydrogen) atoms. The number of benzene rings is 3. The highest BCUT2D eigenvalue weighted by molar-refractivity contribution is 6.33. The number of nitrogens with zero attached hydrogens (tertiary/aromatic N) is 16. The van der Waals surface area contributed by atoms with Crippen LogP contribution >= 0.6 is 23.2 Å². The van der Waals surface area contributed by atoms with E-state index in [0.717, 1.165) is 39.5 Å². The van der Waals surface area contributed by atoms with E-state index in [1.165, 1.54) is 47.1 Å². The molecule has 0 saturated heterocycles. The van der Waals surface area contributed by atoms with Gasteiger partial charge in [0.2, 0.25) is 0 Å². The minimum atomic E-state index is -0.184. The fourth-order valence-electron chi connectivity index (χ4n) is 7.73. The molecule has 3 N–H and O–H groups in total. The lowest BCUT2D eigenvalue weighted by Crippen LogP contribution is -2.19. The van der Waals surface area contributed by atoms with Crippen LogP contribution in [0.15, 0.2) is 156 Å². The number of aryl methyl sites for hydroxylation is 2. The number of aromatic nitrogens is 19. The molecule has 0 atom stereocenters. The largest absolute Gasteiger partial charge is 0.497 e. The third kappa shape index (κ3) is 12.6. The molecule has 25 nitrogen and oxygen atoms in total. The van der Waals surface area contributed by atoms with Crippen LogP contribution in [-0.4, -0.2) is 114 Å². The zero-order valence-corrected chi connectivity index (χ0v) is 44.3. The Morgan fingerprint density at radius 2 is 0.873 bits per heavy atom. The van der Waals surface area contributed by atoms with E-state index < -0.39 is 0 Å². The Morgan fingerprint density at radius 1 is 0.430 bits per heavy atom. The first-order valence-corrected chi connectivity index (χ1v) is 24.4. The summed E-state index contributed by atoms with van der Waals surface area (Å²) in [6, 6.07) is 25.0. The van der Waals surface area contributed by atoms with Crippen molar-refractivity contribution < 1.29 is 14.2 Å². The van der Waals surface area contributed by atoms with E-state index in [1.54, 1.807) is 71.2 Å². The minimum absolute atomic E-state index is 0.0417. The molecule has 0 fully saturated rings. The van der Waals surface area contributed by atoms with Crippen LogP contribution in [0.4, 0.5) is 0 Å². The highest BCUT2D eigenvalue weighted by atomic mass is 35.5. The molecule has 3 aromatic carbocycles. The van der Waals surface area contributed by atoms with Crippen molar-refractivity contribution in [1.82, 2.24) is 92.6 Å². The highest BCUT2D eigenvalue weighted by Crippen LogP contribution is 2.21. The fourth-order valence-corrected chi connectivity index (χ4v) is 8.15. The molecule has 0 aliphatic heterocycles. The van der Waals surface area contributed by atoms with E-state index in [0.29, 0.717) is 80.1 Å². The number of halogens is 2. The molecule has 10 heterocycles. The summed E-state index contributed by atoms with van der Waals surface area (Å²) in [5, 5.41) is 0.818. The average molecular weight is 1100 g/mol. The Balaban J connectivity index is 0.000000123. The van der Waals surface area contributed by atoms with Gasteiger partial charge in [-0.2, -0.15) is 0 Å². The van der Waals surface area contributed by atoms with Crippen molar-refractivity contribution in [2.24, 2.45) is 14.1 Å². The van der Waals surface area contributed by atoms with E-state index >= 15 is 0 Å². The summed E-state index contributed by atoms with van der Waals surface area (Å²) < 4.78 is 23.8. The first kappa shape index (κ1) is 53.7. The number of aromatic amines is 3. The second-order valence-electron chi connectivity index (χ2n) is 16.9. The van der Waals surface area contributed by atoms with Crippen LogP contribution in [0.3, 0.4) is 0 Å². The van der Waals surface area contributed by atoms with E-state index in [9.17, 15) is 14.4 Å². The van der Waals surface area contributed by atoms with Gasteiger partial charge in [-0.05, 0) is 59.2 Å². The van der Waals surface area contributed by atoms with Gasteiger partial charge in [0.05, 0.1) is 71.1 Å². The summed E-state index contributed by atoms with van der Waals surface area (Å²) in [6.45, 7) is 1.80. The topological polar surface area (TPSA) is 293 Å². The average Bonchev–Trinajstić information content (AvgIpc) is 4.47. The van der Waals surface area contributed by atoms with Crippen LogP contribution in [0, 0.1) is 0 Å². The molecular weight excluding hydrogens is 1060 g/mol. The van der Waals surface area contributed by atoms with Gasteiger partial charge in [0, 0.05) is 39.9 Å². The Kier molecular flexibility index (Phi) is 16.8. The molecule has 0 saturated carbocycles. The number of fused-ring (bicyclic) bond motifs is 5. The van der Waals surface area contributed by atoms with Crippen LogP contribution in [-0.2, 0) is 33.7 Å². The van der Waals surface area contributed by atoms with Crippen LogP contribution in [0.5, 0.6) is 17.2 Å². The van der Waals surface area contributed by atoms with Crippen molar-refractivity contribution in [3.63, 3.8) is 0 Å². The Bertz CT molecular complexity index is 4340. The standard InChI is InChI=1S/C14H14N4O2.C13H11ClN4O.C13H12N4O2.C7H7N3O.C5H3ClN4/c1-17-8-15-13-12(14(17)19)18(9-16-13)7-10-3-5-11(20-2)6-4-10;1-19-10-4-2-9(3-5-10)6-18-8-17-13-11(18)12(14)15-7-16-13;1-19-10-4-2-9(3-5-10)6-17-8-16-12-11(17)13(18)15-7-14-12;1-10-4-9-5-2-3-8-6(5)7(10)11;6-4-3-5(9-1-7-3)10-2-8-4/h3-6,8-9H,7H2,1-2H3;2-5,7-8H,6H2,1H3;2-5,7-8H,6H2,1H3,(H,14,15,18);2-4,8H,1H3;1-2H,(H,7,8,9,10). The number of hydrogen-bond donors (Lipinski definition) is 3. The van der Waals surface area contributed by atoms with Gasteiger partial charge in [0.25, 0.3) is 16.7 Å². The number of rotatable bonds is 9. The van der Waals surface area contributed by atoms with Crippen molar-refractivity contribution in [3.8, 4) is 17.2 Å². The zero-order chi connectivity index (χ0) is 55.4. The highest BCUT2D eigenvalue weighted by Gasteiger charge is 2.12. The predicted molar refractivity (Wildman–Crippen MR) is 296 cm³/mol. The summed E-state index contributed by atoms with van der Waals surface area (Å²) >= 11 is 11.8. The van der Waals surface area contributed by atoms with E-state index in [2.05, 4.69) is 69.8 Å². The maximum absolute atomic E-state index is 12.1. The number of methoxy groups -OCH3 is 3. The van der Waals surface area contributed by atoms with Crippen molar-refractivity contribution in [2.75, 3.05) is 21.3 Å². The molecule has 10 aromatic heterocycles. The summed E-state index contributed by atoms with van der Waals surface area (Å²) in [4.78, 5) is 87.7. The molecule has 0 aliphatic carbocycles. The maximum atomic E-state index is 12.1. The van der Waals surface area contributed by atoms with Crippen LogP contribution in [0.25, 0.3) is 55.7 Å². The van der Waals surface area contributed by atoms with Crippen LogP contribution < -0.4 is 30.9 Å². The second kappa shape index (κ2) is 24.7. The lowest BCUT2D eigenvalue weighted by atomic mass is 10.2. The van der Waals surface area contributed by atoms with E-state index in [1.807, 2.05) is 81.9 Å². The number of H-pyrrole nitrogens is 3. The molecule has 0 radical (unpaired) electrons. The molecule has 13 aromatic rings. The maximum Gasteiger partial charge on any atom is 0.279 e. The Morgan fingerprint density at radius 3 is 1.43 bits per heavy atom.